The van der Waals surface area contributed by atoms with Gasteiger partial charge < -0.3 is 36.9 Å². The number of aromatic amines is 1. The van der Waals surface area contributed by atoms with Gasteiger partial charge in [0.15, 0.2) is 6.04 Å². The quantitative estimate of drug-likeness (QED) is 0.231. The lowest BCUT2D eigenvalue weighted by atomic mass is 10.0. The number of aliphatic hydroxyl groups is 1. The SMILES string of the molecule is CC(NC(=O)C(NC(=O)C(N)Cc1c[nH]c2ccccc12)C(C)C)C(=O)NC(C(=O)O)C(C)O. The first kappa shape index (κ1) is 26.8. The Morgan fingerprint density at radius 3 is 2.15 bits per heavy atom. The molecule has 186 valence electrons. The molecule has 0 fully saturated rings. The van der Waals surface area contributed by atoms with Crippen LogP contribution in [0.3, 0.4) is 0 Å². The number of hydrogen-bond acceptors (Lipinski definition) is 6. The van der Waals surface area contributed by atoms with E-state index in [1.165, 1.54) is 13.8 Å². The number of amides is 3. The molecule has 0 bridgehead atoms. The van der Waals surface area contributed by atoms with Crippen LogP contribution in [-0.4, -0.2) is 69.2 Å². The number of nitrogens with one attached hydrogen (secondary N) is 4. The van der Waals surface area contributed by atoms with Crippen molar-refractivity contribution in [3.63, 3.8) is 0 Å². The van der Waals surface area contributed by atoms with Crippen LogP contribution in [0.25, 0.3) is 10.9 Å². The van der Waals surface area contributed by atoms with Crippen molar-refractivity contribution in [3.8, 4) is 0 Å². The second-order valence-corrected chi connectivity index (χ2v) is 8.70. The van der Waals surface area contributed by atoms with Crippen molar-refractivity contribution in [1.82, 2.24) is 20.9 Å². The molecule has 0 aliphatic heterocycles. The smallest absolute Gasteiger partial charge is 0.328 e. The second kappa shape index (κ2) is 11.6. The Morgan fingerprint density at radius 1 is 0.941 bits per heavy atom. The molecule has 1 aromatic heterocycles. The van der Waals surface area contributed by atoms with Crippen LogP contribution in [0, 0.1) is 5.92 Å². The van der Waals surface area contributed by atoms with E-state index >= 15 is 0 Å². The fourth-order valence-electron chi connectivity index (χ4n) is 3.46. The molecule has 0 aliphatic carbocycles. The molecule has 34 heavy (non-hydrogen) atoms. The minimum atomic E-state index is -1.52. The Bertz CT molecular complexity index is 1030. The first-order chi connectivity index (χ1) is 15.9. The summed E-state index contributed by atoms with van der Waals surface area (Å²) in [4.78, 5) is 52.1. The van der Waals surface area contributed by atoms with Crippen LogP contribution >= 0.6 is 0 Å². The van der Waals surface area contributed by atoms with E-state index in [4.69, 9.17) is 10.8 Å². The predicted molar refractivity (Wildman–Crippen MR) is 126 cm³/mol. The summed E-state index contributed by atoms with van der Waals surface area (Å²) < 4.78 is 0. The second-order valence-electron chi connectivity index (χ2n) is 8.70. The summed E-state index contributed by atoms with van der Waals surface area (Å²) in [6, 6.07) is 3.13. The van der Waals surface area contributed by atoms with E-state index in [1.807, 2.05) is 24.3 Å². The Kier molecular flexibility index (Phi) is 9.16. The Hall–Kier alpha value is -3.44. The number of aliphatic hydroxyl groups excluding tert-OH is 1. The molecule has 11 nitrogen and oxygen atoms in total. The number of para-hydroxylation sites is 1. The molecule has 1 aromatic carbocycles. The van der Waals surface area contributed by atoms with Gasteiger partial charge in [0, 0.05) is 17.1 Å². The van der Waals surface area contributed by atoms with Crippen LogP contribution in [0.15, 0.2) is 30.5 Å². The third-order valence-electron chi connectivity index (χ3n) is 5.50. The van der Waals surface area contributed by atoms with Crippen molar-refractivity contribution in [3.05, 3.63) is 36.0 Å². The maximum atomic E-state index is 12.8. The number of carbonyl (C=O) groups is 4. The standard InChI is InChI=1S/C23H33N5O6/c1-11(2)18(22(32)26-12(3)20(30)28-19(13(4)29)23(33)34)27-21(31)16(24)9-14-10-25-17-8-6-5-7-15(14)17/h5-8,10-13,16,18-19,25,29H,9,24H2,1-4H3,(H,26,32)(H,27,31)(H,28,30)(H,33,34). The highest BCUT2D eigenvalue weighted by Crippen LogP contribution is 2.19. The Balaban J connectivity index is 2.00. The van der Waals surface area contributed by atoms with Crippen LogP contribution in [-0.2, 0) is 25.6 Å². The summed E-state index contributed by atoms with van der Waals surface area (Å²) in [6.07, 6.45) is 0.727. The summed E-state index contributed by atoms with van der Waals surface area (Å²) in [5, 5.41) is 26.9. The number of aliphatic carboxylic acids is 1. The number of hydrogen-bond donors (Lipinski definition) is 7. The number of carboxylic acids is 1. The van der Waals surface area contributed by atoms with Crippen molar-refractivity contribution < 1.29 is 29.4 Å². The van der Waals surface area contributed by atoms with E-state index in [0.717, 1.165) is 16.5 Å². The highest BCUT2D eigenvalue weighted by atomic mass is 16.4. The zero-order valence-electron chi connectivity index (χ0n) is 19.7. The molecule has 11 heteroatoms. The number of carboxylic acid groups (broad SMARTS) is 1. The number of benzene rings is 1. The molecule has 5 unspecified atom stereocenters. The van der Waals surface area contributed by atoms with E-state index < -0.39 is 54.0 Å². The zero-order chi connectivity index (χ0) is 25.6. The lowest BCUT2D eigenvalue weighted by Gasteiger charge is -2.26. The first-order valence-electron chi connectivity index (χ1n) is 11.0. The fourth-order valence-corrected chi connectivity index (χ4v) is 3.46. The van der Waals surface area contributed by atoms with E-state index in [1.54, 1.807) is 20.0 Å². The van der Waals surface area contributed by atoms with Crippen LogP contribution in [0.4, 0.5) is 0 Å². The molecular weight excluding hydrogens is 442 g/mol. The number of rotatable bonds is 11. The van der Waals surface area contributed by atoms with Gasteiger partial charge in [-0.2, -0.15) is 0 Å². The van der Waals surface area contributed by atoms with E-state index in [-0.39, 0.29) is 12.3 Å². The highest BCUT2D eigenvalue weighted by Gasteiger charge is 2.31. The summed E-state index contributed by atoms with van der Waals surface area (Å²) >= 11 is 0. The lowest BCUT2D eigenvalue weighted by Crippen LogP contribution is -2.58. The molecule has 0 saturated heterocycles. The van der Waals surface area contributed by atoms with E-state index in [9.17, 15) is 24.3 Å². The van der Waals surface area contributed by atoms with Gasteiger partial charge in [0.1, 0.15) is 12.1 Å². The van der Waals surface area contributed by atoms with Gasteiger partial charge in [0.05, 0.1) is 12.1 Å². The lowest BCUT2D eigenvalue weighted by molar-refractivity contribution is -0.145. The molecule has 0 aliphatic rings. The Morgan fingerprint density at radius 2 is 1.56 bits per heavy atom. The van der Waals surface area contributed by atoms with Crippen LogP contribution in [0.5, 0.6) is 0 Å². The topological polar surface area (TPSA) is 187 Å². The third kappa shape index (κ3) is 6.78. The van der Waals surface area contributed by atoms with Crippen LogP contribution < -0.4 is 21.7 Å². The Labute approximate surface area is 197 Å². The molecular formula is C23H33N5O6. The molecule has 2 rings (SSSR count). The average molecular weight is 476 g/mol. The molecule has 1 heterocycles. The average Bonchev–Trinajstić information content (AvgIpc) is 3.17. The van der Waals surface area contributed by atoms with E-state index in [2.05, 4.69) is 20.9 Å². The molecule has 8 N–H and O–H groups in total. The zero-order valence-corrected chi connectivity index (χ0v) is 19.7. The number of nitrogens with two attached hydrogens (primary N) is 1. The highest BCUT2D eigenvalue weighted by molar-refractivity contribution is 5.94. The molecule has 0 spiro atoms. The van der Waals surface area contributed by atoms with Crippen molar-refractivity contribution in [2.75, 3.05) is 0 Å². The summed E-state index contributed by atoms with van der Waals surface area (Å²) in [5.41, 5.74) is 7.91. The molecule has 2 aromatic rings. The molecule has 5 atom stereocenters. The predicted octanol–water partition coefficient (Wildman–Crippen LogP) is -0.367. The minimum absolute atomic E-state index is 0.261. The van der Waals surface area contributed by atoms with Crippen LogP contribution in [0.2, 0.25) is 0 Å². The van der Waals surface area contributed by atoms with E-state index in [0.29, 0.717) is 0 Å². The number of fused-ring (bicyclic) bond motifs is 1. The van der Waals surface area contributed by atoms with Gasteiger partial charge >= 0.3 is 5.97 Å². The largest absolute Gasteiger partial charge is 0.480 e. The van der Waals surface area contributed by atoms with Crippen LogP contribution in [0.1, 0.15) is 33.3 Å². The summed E-state index contributed by atoms with van der Waals surface area (Å²) in [6.45, 7) is 6.06. The fraction of sp³-hybridized carbons (Fsp3) is 0.478. The number of carbonyl (C=O) groups excluding carboxylic acids is 3. The number of H-pyrrole nitrogens is 1. The molecule has 0 saturated carbocycles. The minimum Gasteiger partial charge on any atom is -0.480 e. The summed E-state index contributed by atoms with van der Waals surface area (Å²) in [7, 11) is 0. The van der Waals surface area contributed by atoms with Gasteiger partial charge in [-0.1, -0.05) is 32.0 Å². The van der Waals surface area contributed by atoms with Crippen molar-refractivity contribution in [2.45, 2.75) is 64.4 Å². The third-order valence-corrected chi connectivity index (χ3v) is 5.50. The van der Waals surface area contributed by atoms with Gasteiger partial charge in [-0.05, 0) is 37.8 Å². The first-order valence-corrected chi connectivity index (χ1v) is 11.0. The summed E-state index contributed by atoms with van der Waals surface area (Å²) in [5.74, 6) is -3.64. The van der Waals surface area contributed by atoms with Crippen molar-refractivity contribution in [2.24, 2.45) is 11.7 Å². The molecule has 3 amide bonds. The monoisotopic (exact) mass is 475 g/mol. The maximum Gasteiger partial charge on any atom is 0.328 e. The van der Waals surface area contributed by atoms with Gasteiger partial charge in [0.25, 0.3) is 0 Å². The molecule has 0 radical (unpaired) electrons. The maximum absolute atomic E-state index is 12.8. The van der Waals surface area contributed by atoms with Gasteiger partial charge in [-0.15, -0.1) is 0 Å². The number of aromatic nitrogens is 1. The van der Waals surface area contributed by atoms with Gasteiger partial charge in [0.2, 0.25) is 17.7 Å². The van der Waals surface area contributed by atoms with Crippen molar-refractivity contribution in [1.29, 1.82) is 0 Å². The van der Waals surface area contributed by atoms with Gasteiger partial charge in [-0.3, -0.25) is 14.4 Å². The van der Waals surface area contributed by atoms with Crippen molar-refractivity contribution >= 4 is 34.6 Å². The van der Waals surface area contributed by atoms with Gasteiger partial charge in [-0.25, -0.2) is 4.79 Å². The normalized spacial score (nSPS) is 15.7.